The van der Waals surface area contributed by atoms with E-state index in [1.54, 1.807) is 13.2 Å². The van der Waals surface area contributed by atoms with Crippen LogP contribution in [0.3, 0.4) is 0 Å². The average Bonchev–Trinajstić information content (AvgIpc) is 2.38. The number of aromatic nitrogens is 1. The summed E-state index contributed by atoms with van der Waals surface area (Å²) >= 11 is 0. The predicted molar refractivity (Wildman–Crippen MR) is 68.1 cm³/mol. The van der Waals surface area contributed by atoms with E-state index in [4.69, 9.17) is 14.6 Å². The second-order valence-corrected chi connectivity index (χ2v) is 4.50. The Hall–Kier alpha value is -1.66. The van der Waals surface area contributed by atoms with Crippen molar-refractivity contribution in [3.8, 4) is 5.88 Å². The molecule has 0 aromatic carbocycles. The van der Waals surface area contributed by atoms with Crippen LogP contribution < -0.4 is 4.74 Å². The van der Waals surface area contributed by atoms with Crippen LogP contribution in [0.25, 0.3) is 0 Å². The smallest absolute Gasteiger partial charge is 0.306 e. The minimum Gasteiger partial charge on any atom is -0.481 e. The number of carboxylic acids is 1. The molecule has 1 unspecified atom stereocenters. The van der Waals surface area contributed by atoms with Gasteiger partial charge in [-0.15, -0.1) is 0 Å². The molecule has 1 aliphatic heterocycles. The molecule has 2 heterocycles. The maximum Gasteiger partial charge on any atom is 0.306 e. The Morgan fingerprint density at radius 2 is 2.47 bits per heavy atom. The van der Waals surface area contributed by atoms with Crippen molar-refractivity contribution in [3.05, 3.63) is 23.9 Å². The van der Waals surface area contributed by atoms with Gasteiger partial charge in [0.25, 0.3) is 0 Å². The van der Waals surface area contributed by atoms with E-state index in [1.807, 2.05) is 12.1 Å². The minimum absolute atomic E-state index is 0.0437. The second kappa shape index (κ2) is 6.49. The Labute approximate surface area is 112 Å². The van der Waals surface area contributed by atoms with Gasteiger partial charge in [-0.3, -0.25) is 9.69 Å². The van der Waals surface area contributed by atoms with Crippen LogP contribution in [0.15, 0.2) is 18.2 Å². The first kappa shape index (κ1) is 13.8. The molecule has 0 amide bonds. The Balaban J connectivity index is 1.92. The fourth-order valence-electron chi connectivity index (χ4n) is 2.13. The number of pyridine rings is 1. The monoisotopic (exact) mass is 266 g/mol. The number of carbonyl (C=O) groups is 1. The minimum atomic E-state index is -0.827. The van der Waals surface area contributed by atoms with Gasteiger partial charge >= 0.3 is 5.97 Å². The number of morpholine rings is 1. The topological polar surface area (TPSA) is 71.9 Å². The lowest BCUT2D eigenvalue weighted by atomic mass is 10.2. The van der Waals surface area contributed by atoms with E-state index in [9.17, 15) is 4.79 Å². The van der Waals surface area contributed by atoms with E-state index in [0.29, 0.717) is 25.6 Å². The highest BCUT2D eigenvalue weighted by Gasteiger charge is 2.22. The van der Waals surface area contributed by atoms with Crippen LogP contribution in [0.2, 0.25) is 0 Å². The predicted octanol–water partition coefficient (Wildman–Crippen LogP) is 0.766. The lowest BCUT2D eigenvalue weighted by Gasteiger charge is -2.31. The second-order valence-electron chi connectivity index (χ2n) is 4.50. The summed E-state index contributed by atoms with van der Waals surface area (Å²) in [5, 5.41) is 8.78. The van der Waals surface area contributed by atoms with Gasteiger partial charge in [0.05, 0.1) is 31.9 Å². The fourth-order valence-corrected chi connectivity index (χ4v) is 2.13. The first-order valence-electron chi connectivity index (χ1n) is 6.23. The SMILES string of the molecule is COc1cccc(CN2CCOC(CC(=O)O)C2)n1. The quantitative estimate of drug-likeness (QED) is 0.848. The van der Waals surface area contributed by atoms with Crippen LogP contribution in [-0.4, -0.2) is 53.9 Å². The van der Waals surface area contributed by atoms with Crippen LogP contribution in [-0.2, 0) is 16.1 Å². The lowest BCUT2D eigenvalue weighted by molar-refractivity contribution is -0.142. The van der Waals surface area contributed by atoms with Gasteiger partial charge in [-0.2, -0.15) is 0 Å². The van der Waals surface area contributed by atoms with Crippen molar-refractivity contribution in [2.24, 2.45) is 0 Å². The summed E-state index contributed by atoms with van der Waals surface area (Å²) in [5.41, 5.74) is 0.912. The molecule has 0 saturated carbocycles. The van der Waals surface area contributed by atoms with Crippen molar-refractivity contribution in [2.75, 3.05) is 26.8 Å². The summed E-state index contributed by atoms with van der Waals surface area (Å²) in [4.78, 5) is 17.2. The molecule has 104 valence electrons. The molecule has 1 N–H and O–H groups in total. The van der Waals surface area contributed by atoms with Gasteiger partial charge in [0.2, 0.25) is 5.88 Å². The van der Waals surface area contributed by atoms with Gasteiger partial charge in [-0.1, -0.05) is 6.07 Å². The molecule has 1 saturated heterocycles. The molecule has 0 radical (unpaired) electrons. The van der Waals surface area contributed by atoms with E-state index in [0.717, 1.165) is 12.2 Å². The van der Waals surface area contributed by atoms with Gasteiger partial charge in [0, 0.05) is 25.7 Å². The highest BCUT2D eigenvalue weighted by atomic mass is 16.5. The summed E-state index contributed by atoms with van der Waals surface area (Å²) < 4.78 is 10.5. The number of hydrogen-bond acceptors (Lipinski definition) is 5. The zero-order valence-electron chi connectivity index (χ0n) is 10.9. The van der Waals surface area contributed by atoms with Gasteiger partial charge < -0.3 is 14.6 Å². The molecular weight excluding hydrogens is 248 g/mol. The third kappa shape index (κ3) is 4.18. The van der Waals surface area contributed by atoms with E-state index >= 15 is 0 Å². The number of hydrogen-bond donors (Lipinski definition) is 1. The van der Waals surface area contributed by atoms with Crippen LogP contribution >= 0.6 is 0 Å². The average molecular weight is 266 g/mol. The largest absolute Gasteiger partial charge is 0.481 e. The van der Waals surface area contributed by atoms with E-state index in [-0.39, 0.29) is 12.5 Å². The maximum atomic E-state index is 10.7. The molecule has 0 spiro atoms. The van der Waals surface area contributed by atoms with Crippen LogP contribution in [0.5, 0.6) is 5.88 Å². The maximum absolute atomic E-state index is 10.7. The first-order valence-corrected chi connectivity index (χ1v) is 6.23. The third-order valence-electron chi connectivity index (χ3n) is 3.00. The number of methoxy groups -OCH3 is 1. The van der Waals surface area contributed by atoms with Gasteiger partial charge in [-0.05, 0) is 6.07 Å². The van der Waals surface area contributed by atoms with Gasteiger partial charge in [0.15, 0.2) is 0 Å². The summed E-state index contributed by atoms with van der Waals surface area (Å²) in [6.45, 7) is 2.64. The Morgan fingerprint density at radius 3 is 3.21 bits per heavy atom. The number of ether oxygens (including phenoxy) is 2. The van der Waals surface area contributed by atoms with Crippen molar-refractivity contribution in [3.63, 3.8) is 0 Å². The Bertz CT molecular complexity index is 438. The van der Waals surface area contributed by atoms with Crippen molar-refractivity contribution in [1.29, 1.82) is 0 Å². The Morgan fingerprint density at radius 1 is 1.63 bits per heavy atom. The highest BCUT2D eigenvalue weighted by molar-refractivity contribution is 5.67. The summed E-state index contributed by atoms with van der Waals surface area (Å²) in [5.74, 6) is -0.237. The van der Waals surface area contributed by atoms with Crippen molar-refractivity contribution >= 4 is 5.97 Å². The van der Waals surface area contributed by atoms with Crippen molar-refractivity contribution in [1.82, 2.24) is 9.88 Å². The molecule has 6 heteroatoms. The molecule has 0 aliphatic carbocycles. The molecule has 0 bridgehead atoms. The van der Waals surface area contributed by atoms with E-state index < -0.39 is 5.97 Å². The highest BCUT2D eigenvalue weighted by Crippen LogP contribution is 2.13. The molecule has 1 aromatic rings. The zero-order valence-corrected chi connectivity index (χ0v) is 10.9. The van der Waals surface area contributed by atoms with Crippen LogP contribution in [0.1, 0.15) is 12.1 Å². The van der Waals surface area contributed by atoms with E-state index in [2.05, 4.69) is 9.88 Å². The molecule has 1 aromatic heterocycles. The number of rotatable bonds is 5. The summed E-state index contributed by atoms with van der Waals surface area (Å²) in [7, 11) is 1.59. The molecule has 19 heavy (non-hydrogen) atoms. The molecule has 6 nitrogen and oxygen atoms in total. The van der Waals surface area contributed by atoms with Crippen LogP contribution in [0.4, 0.5) is 0 Å². The first-order chi connectivity index (χ1) is 9.17. The lowest BCUT2D eigenvalue weighted by Crippen LogP contribution is -2.42. The Kier molecular flexibility index (Phi) is 4.70. The number of carboxylic acid groups (broad SMARTS) is 1. The number of nitrogens with zero attached hydrogens (tertiary/aromatic N) is 2. The summed E-state index contributed by atoms with van der Waals surface area (Å²) in [6.07, 6.45) is -0.195. The number of aliphatic carboxylic acids is 1. The molecule has 2 rings (SSSR count). The molecular formula is C13H18N2O4. The van der Waals surface area contributed by atoms with Gasteiger partial charge in [0.1, 0.15) is 0 Å². The molecule has 1 atom stereocenters. The van der Waals surface area contributed by atoms with Crippen molar-refractivity contribution in [2.45, 2.75) is 19.1 Å². The van der Waals surface area contributed by atoms with Gasteiger partial charge in [-0.25, -0.2) is 4.98 Å². The zero-order chi connectivity index (χ0) is 13.7. The normalized spacial score (nSPS) is 20.2. The third-order valence-corrected chi connectivity index (χ3v) is 3.00. The molecule has 1 fully saturated rings. The molecule has 1 aliphatic rings. The summed E-state index contributed by atoms with van der Waals surface area (Å²) in [6, 6.07) is 5.64. The fraction of sp³-hybridized carbons (Fsp3) is 0.538. The standard InChI is InChI=1S/C13H18N2O4/c1-18-12-4-2-3-10(14-12)8-15-5-6-19-11(9-15)7-13(16)17/h2-4,11H,5-9H2,1H3,(H,16,17). The van der Waals surface area contributed by atoms with Crippen molar-refractivity contribution < 1.29 is 19.4 Å². The van der Waals surface area contributed by atoms with Crippen LogP contribution in [0, 0.1) is 0 Å². The van der Waals surface area contributed by atoms with E-state index in [1.165, 1.54) is 0 Å².